The summed E-state index contributed by atoms with van der Waals surface area (Å²) in [6.07, 6.45) is -11.2. The van der Waals surface area contributed by atoms with E-state index in [1.54, 1.807) is 0 Å². The van der Waals surface area contributed by atoms with E-state index in [-0.39, 0.29) is 18.5 Å². The van der Waals surface area contributed by atoms with E-state index in [4.69, 9.17) is 17.3 Å². The second-order valence-corrected chi connectivity index (χ2v) is 4.26. The molecule has 0 spiro atoms. The normalized spacial score (nSPS) is 14.6. The molecule has 1 atom stereocenters. The third-order valence-electron chi connectivity index (χ3n) is 2.42. The van der Waals surface area contributed by atoms with Gasteiger partial charge in [-0.05, 0) is 17.7 Å². The van der Waals surface area contributed by atoms with Gasteiger partial charge in [-0.25, -0.2) is 0 Å². The summed E-state index contributed by atoms with van der Waals surface area (Å²) in [6, 6.07) is -1.81. The van der Waals surface area contributed by atoms with Gasteiger partial charge in [-0.15, -0.1) is 12.4 Å². The number of nitrogens with two attached hydrogens (primary N) is 1. The van der Waals surface area contributed by atoms with Crippen LogP contribution < -0.4 is 5.73 Å². The number of hydrogen-bond acceptors (Lipinski definition) is 1. The predicted molar refractivity (Wildman–Crippen MR) is 61.6 cm³/mol. The Morgan fingerprint density at radius 2 is 1.43 bits per heavy atom. The SMILES string of the molecule is Cl.N[C@@H](c1ccc(Cl)cc1C(F)(F)F)C(F)(F)C(F)(F)F. The Kier molecular flexibility index (Phi) is 5.90. The molecule has 2 N–H and O–H groups in total. The van der Waals surface area contributed by atoms with E-state index in [2.05, 4.69) is 0 Å². The van der Waals surface area contributed by atoms with Gasteiger partial charge in [0.05, 0.1) is 5.56 Å². The first-order chi connectivity index (χ1) is 8.78. The quantitative estimate of drug-likeness (QED) is 0.737. The van der Waals surface area contributed by atoms with Crippen molar-refractivity contribution in [2.24, 2.45) is 5.73 Å². The molecule has 0 aromatic heterocycles. The van der Waals surface area contributed by atoms with E-state index < -0.39 is 40.5 Å². The maximum Gasteiger partial charge on any atom is 0.455 e. The van der Waals surface area contributed by atoms with Crippen LogP contribution in [0.5, 0.6) is 0 Å². The standard InChI is InChI=1S/C10H6ClF8N.ClH/c11-4-1-2-5(6(3-4)9(14,15)16)7(20)8(12,13)10(17,18)19;/h1-3,7H,20H2;1H/t7-;/m0./s1. The third-order valence-corrected chi connectivity index (χ3v) is 2.66. The maximum absolute atomic E-state index is 13.0. The van der Waals surface area contributed by atoms with Crippen molar-refractivity contribution in [2.45, 2.75) is 24.3 Å². The van der Waals surface area contributed by atoms with Gasteiger partial charge in [-0.3, -0.25) is 0 Å². The first-order valence-corrected chi connectivity index (χ1v) is 5.23. The van der Waals surface area contributed by atoms with Crippen molar-refractivity contribution in [3.63, 3.8) is 0 Å². The summed E-state index contributed by atoms with van der Waals surface area (Å²) in [5.41, 5.74) is 1.57. The summed E-state index contributed by atoms with van der Waals surface area (Å²) in [5.74, 6) is -5.51. The number of halogens is 10. The van der Waals surface area contributed by atoms with Crippen molar-refractivity contribution in [2.75, 3.05) is 0 Å². The van der Waals surface area contributed by atoms with Crippen LogP contribution in [0.2, 0.25) is 5.02 Å². The molecule has 1 aromatic carbocycles. The molecule has 0 heterocycles. The lowest BCUT2D eigenvalue weighted by atomic mass is 9.95. The molecule has 21 heavy (non-hydrogen) atoms. The lowest BCUT2D eigenvalue weighted by Gasteiger charge is -2.27. The molecule has 1 rings (SSSR count). The van der Waals surface area contributed by atoms with Crippen molar-refractivity contribution < 1.29 is 35.1 Å². The first-order valence-electron chi connectivity index (χ1n) is 4.85. The van der Waals surface area contributed by atoms with E-state index >= 15 is 0 Å². The average molecular weight is 364 g/mol. The zero-order valence-corrected chi connectivity index (χ0v) is 11.3. The summed E-state index contributed by atoms with van der Waals surface area (Å²) in [5, 5.41) is -0.469. The van der Waals surface area contributed by atoms with Crippen LogP contribution in [0.4, 0.5) is 35.1 Å². The number of alkyl halides is 8. The topological polar surface area (TPSA) is 26.0 Å². The van der Waals surface area contributed by atoms with E-state index in [0.717, 1.165) is 6.07 Å². The molecule has 11 heteroatoms. The largest absolute Gasteiger partial charge is 0.455 e. The van der Waals surface area contributed by atoms with E-state index in [1.165, 1.54) is 0 Å². The van der Waals surface area contributed by atoms with Gasteiger partial charge in [0.25, 0.3) is 0 Å². The summed E-state index contributed by atoms with van der Waals surface area (Å²) in [6.45, 7) is 0. The second kappa shape index (κ2) is 6.13. The number of hydrogen-bond donors (Lipinski definition) is 1. The van der Waals surface area contributed by atoms with E-state index in [1.807, 2.05) is 0 Å². The highest BCUT2D eigenvalue weighted by molar-refractivity contribution is 6.30. The molecule has 0 amide bonds. The van der Waals surface area contributed by atoms with Gasteiger partial charge in [-0.1, -0.05) is 17.7 Å². The Morgan fingerprint density at radius 3 is 1.81 bits per heavy atom. The fourth-order valence-electron chi connectivity index (χ4n) is 1.42. The summed E-state index contributed by atoms with van der Waals surface area (Å²) >= 11 is 5.28. The molecule has 0 bridgehead atoms. The van der Waals surface area contributed by atoms with Crippen LogP contribution in [0.15, 0.2) is 18.2 Å². The van der Waals surface area contributed by atoms with Crippen molar-refractivity contribution in [3.8, 4) is 0 Å². The lowest BCUT2D eigenvalue weighted by Crippen LogP contribution is -2.46. The summed E-state index contributed by atoms with van der Waals surface area (Å²) in [7, 11) is 0. The Labute approximate surface area is 124 Å². The minimum absolute atomic E-state index is 0. The number of benzene rings is 1. The molecular formula is C10H7Cl2F8N. The molecule has 0 unspecified atom stereocenters. The van der Waals surface area contributed by atoms with Crippen LogP contribution in [0.3, 0.4) is 0 Å². The fraction of sp³-hybridized carbons (Fsp3) is 0.400. The van der Waals surface area contributed by atoms with Gasteiger partial charge < -0.3 is 5.73 Å². The van der Waals surface area contributed by atoms with Crippen LogP contribution in [-0.4, -0.2) is 12.1 Å². The first kappa shape index (κ1) is 20.2. The van der Waals surface area contributed by atoms with E-state index in [9.17, 15) is 35.1 Å². The predicted octanol–water partition coefficient (Wildman–Crippen LogP) is 4.98. The molecule has 0 radical (unpaired) electrons. The molecule has 0 aliphatic rings. The van der Waals surface area contributed by atoms with Crippen molar-refractivity contribution in [1.82, 2.24) is 0 Å². The van der Waals surface area contributed by atoms with Gasteiger partial charge in [0.2, 0.25) is 0 Å². The summed E-state index contributed by atoms with van der Waals surface area (Å²) < 4.78 is 100. The highest BCUT2D eigenvalue weighted by Crippen LogP contribution is 2.46. The molecule has 0 aliphatic carbocycles. The summed E-state index contributed by atoms with van der Waals surface area (Å²) in [4.78, 5) is 0. The second-order valence-electron chi connectivity index (χ2n) is 3.83. The van der Waals surface area contributed by atoms with Gasteiger partial charge in [0, 0.05) is 5.02 Å². The molecule has 1 aromatic rings. The van der Waals surface area contributed by atoms with Gasteiger partial charge in [0.15, 0.2) is 0 Å². The fourth-order valence-corrected chi connectivity index (χ4v) is 1.59. The van der Waals surface area contributed by atoms with Crippen molar-refractivity contribution >= 4 is 24.0 Å². The van der Waals surface area contributed by atoms with E-state index in [0.29, 0.717) is 6.07 Å². The van der Waals surface area contributed by atoms with Crippen molar-refractivity contribution in [3.05, 3.63) is 34.3 Å². The van der Waals surface area contributed by atoms with Crippen LogP contribution >= 0.6 is 24.0 Å². The smallest absolute Gasteiger partial charge is 0.319 e. The van der Waals surface area contributed by atoms with Gasteiger partial charge in [-0.2, -0.15) is 35.1 Å². The average Bonchev–Trinajstić information content (AvgIpc) is 2.25. The van der Waals surface area contributed by atoms with Crippen LogP contribution in [-0.2, 0) is 6.18 Å². The molecule has 0 fully saturated rings. The Morgan fingerprint density at radius 1 is 0.952 bits per heavy atom. The third kappa shape index (κ3) is 4.10. The Bertz CT molecular complexity index is 497. The highest BCUT2D eigenvalue weighted by atomic mass is 35.5. The molecule has 0 aliphatic heterocycles. The minimum Gasteiger partial charge on any atom is -0.319 e. The van der Waals surface area contributed by atoms with Crippen molar-refractivity contribution in [1.29, 1.82) is 0 Å². The molecular weight excluding hydrogens is 357 g/mol. The minimum atomic E-state index is -6.07. The molecule has 0 saturated heterocycles. The Hall–Kier alpha value is -0.800. The highest BCUT2D eigenvalue weighted by Gasteiger charge is 2.62. The number of rotatable bonds is 2. The monoisotopic (exact) mass is 363 g/mol. The van der Waals surface area contributed by atoms with Gasteiger partial charge >= 0.3 is 18.3 Å². The molecule has 1 nitrogen and oxygen atoms in total. The zero-order valence-electron chi connectivity index (χ0n) is 9.70. The van der Waals surface area contributed by atoms with Crippen LogP contribution in [0, 0.1) is 0 Å². The van der Waals surface area contributed by atoms with Crippen LogP contribution in [0.1, 0.15) is 17.2 Å². The zero-order chi connectivity index (χ0) is 15.9. The Balaban J connectivity index is 0.00000400. The molecule has 122 valence electrons. The van der Waals surface area contributed by atoms with Crippen LogP contribution in [0.25, 0.3) is 0 Å². The van der Waals surface area contributed by atoms with Gasteiger partial charge in [0.1, 0.15) is 6.04 Å². The lowest BCUT2D eigenvalue weighted by molar-refractivity contribution is -0.291. The maximum atomic E-state index is 13.0. The molecule has 0 saturated carbocycles.